The average Bonchev–Trinajstić information content (AvgIpc) is 2.53. The first-order chi connectivity index (χ1) is 10.6. The van der Waals surface area contributed by atoms with Crippen LogP contribution in [0, 0.1) is 5.92 Å². The first-order valence-electron chi connectivity index (χ1n) is 8.07. The lowest BCUT2D eigenvalue weighted by Crippen LogP contribution is -2.40. The number of hydrogen-bond acceptors (Lipinski definition) is 4. The Morgan fingerprint density at radius 1 is 1.36 bits per heavy atom. The van der Waals surface area contributed by atoms with Gasteiger partial charge >= 0.3 is 0 Å². The summed E-state index contributed by atoms with van der Waals surface area (Å²) in [6, 6.07) is 0. The molecule has 1 aromatic heterocycles. The van der Waals surface area contributed by atoms with Crippen LogP contribution >= 0.6 is 0 Å². The molecule has 1 fully saturated rings. The van der Waals surface area contributed by atoms with Gasteiger partial charge in [0.15, 0.2) is 0 Å². The van der Waals surface area contributed by atoms with Crippen molar-refractivity contribution in [2.24, 2.45) is 5.92 Å². The van der Waals surface area contributed by atoms with E-state index in [1.54, 1.807) is 0 Å². The molecule has 0 spiro atoms. The minimum Gasteiger partial charge on any atom is -0.378 e. The molecule has 2 rings (SSSR count). The predicted octanol–water partition coefficient (Wildman–Crippen LogP) is 1.33. The Bertz CT molecular complexity index is 582. The molecule has 22 heavy (non-hydrogen) atoms. The molecule has 122 valence electrons. The maximum absolute atomic E-state index is 12.3. The SMILES string of the molecule is CCc1n[nH]c(=O)c(CNC(=O)[C@@H]2CCCO[C@@H]2C)c1CC. The molecule has 6 heteroatoms. The summed E-state index contributed by atoms with van der Waals surface area (Å²) in [7, 11) is 0. The molecular formula is C16H25N3O3. The molecule has 1 aromatic rings. The first kappa shape index (κ1) is 16.7. The lowest BCUT2D eigenvalue weighted by Gasteiger charge is -2.28. The Labute approximate surface area is 130 Å². The molecule has 1 amide bonds. The largest absolute Gasteiger partial charge is 0.378 e. The summed E-state index contributed by atoms with van der Waals surface area (Å²) in [4.78, 5) is 24.4. The topological polar surface area (TPSA) is 84.1 Å². The van der Waals surface area contributed by atoms with Crippen LogP contribution in [0.15, 0.2) is 4.79 Å². The highest BCUT2D eigenvalue weighted by Gasteiger charge is 2.28. The van der Waals surface area contributed by atoms with Crippen LogP contribution in [0.4, 0.5) is 0 Å². The Hall–Kier alpha value is -1.69. The van der Waals surface area contributed by atoms with Gasteiger partial charge in [0.1, 0.15) is 0 Å². The van der Waals surface area contributed by atoms with E-state index in [1.807, 2.05) is 20.8 Å². The molecule has 0 unspecified atom stereocenters. The van der Waals surface area contributed by atoms with Gasteiger partial charge in [-0.15, -0.1) is 0 Å². The first-order valence-corrected chi connectivity index (χ1v) is 8.07. The number of amides is 1. The minimum atomic E-state index is -0.220. The third kappa shape index (κ3) is 3.55. The van der Waals surface area contributed by atoms with E-state index in [4.69, 9.17) is 4.74 Å². The van der Waals surface area contributed by atoms with Crippen LogP contribution in [-0.2, 0) is 28.9 Å². The summed E-state index contributed by atoms with van der Waals surface area (Å²) in [6.07, 6.45) is 3.16. The maximum Gasteiger partial charge on any atom is 0.269 e. The molecule has 1 saturated heterocycles. The number of hydrogen-bond donors (Lipinski definition) is 2. The van der Waals surface area contributed by atoms with E-state index >= 15 is 0 Å². The van der Waals surface area contributed by atoms with Crippen LogP contribution in [0.2, 0.25) is 0 Å². The van der Waals surface area contributed by atoms with Crippen LogP contribution in [0.1, 0.15) is 50.4 Å². The van der Waals surface area contributed by atoms with Crippen LogP contribution in [0.5, 0.6) is 0 Å². The zero-order valence-electron chi connectivity index (χ0n) is 13.6. The van der Waals surface area contributed by atoms with Gasteiger partial charge in [-0.25, -0.2) is 5.10 Å². The van der Waals surface area contributed by atoms with E-state index in [0.717, 1.165) is 43.5 Å². The number of carbonyl (C=O) groups is 1. The molecule has 0 aromatic carbocycles. The van der Waals surface area contributed by atoms with Gasteiger partial charge in [-0.1, -0.05) is 13.8 Å². The molecule has 0 bridgehead atoms. The number of aromatic amines is 1. The molecule has 2 N–H and O–H groups in total. The molecule has 2 heterocycles. The van der Waals surface area contributed by atoms with Crippen LogP contribution in [0.25, 0.3) is 0 Å². The normalized spacial score (nSPS) is 21.6. The van der Waals surface area contributed by atoms with E-state index < -0.39 is 0 Å². The number of rotatable bonds is 5. The second-order valence-electron chi connectivity index (χ2n) is 5.71. The fraction of sp³-hybridized carbons (Fsp3) is 0.688. The second kappa shape index (κ2) is 7.54. The van der Waals surface area contributed by atoms with Crippen molar-refractivity contribution in [3.8, 4) is 0 Å². The summed E-state index contributed by atoms with van der Waals surface area (Å²) in [6.45, 7) is 6.89. The number of nitrogens with one attached hydrogen (secondary N) is 2. The third-order valence-electron chi connectivity index (χ3n) is 4.35. The van der Waals surface area contributed by atoms with Gasteiger partial charge in [0.2, 0.25) is 5.91 Å². The highest BCUT2D eigenvalue weighted by Crippen LogP contribution is 2.20. The van der Waals surface area contributed by atoms with E-state index in [0.29, 0.717) is 5.56 Å². The predicted molar refractivity (Wildman–Crippen MR) is 83.6 cm³/mol. The molecule has 0 radical (unpaired) electrons. The highest BCUT2D eigenvalue weighted by atomic mass is 16.5. The molecule has 6 nitrogen and oxygen atoms in total. The zero-order chi connectivity index (χ0) is 16.1. The van der Waals surface area contributed by atoms with Crippen molar-refractivity contribution in [2.75, 3.05) is 6.61 Å². The summed E-state index contributed by atoms with van der Waals surface area (Å²) in [5.74, 6) is -0.172. The minimum absolute atomic E-state index is 0.0384. The lowest BCUT2D eigenvalue weighted by atomic mass is 9.94. The average molecular weight is 307 g/mol. The number of nitrogens with zero attached hydrogens (tertiary/aromatic N) is 1. The van der Waals surface area contributed by atoms with E-state index in [9.17, 15) is 9.59 Å². The number of H-pyrrole nitrogens is 1. The van der Waals surface area contributed by atoms with Crippen LogP contribution in [-0.4, -0.2) is 28.8 Å². The third-order valence-corrected chi connectivity index (χ3v) is 4.35. The summed E-state index contributed by atoms with van der Waals surface area (Å²) < 4.78 is 5.53. The summed E-state index contributed by atoms with van der Waals surface area (Å²) >= 11 is 0. The molecule has 2 atom stereocenters. The second-order valence-corrected chi connectivity index (χ2v) is 5.71. The van der Waals surface area contributed by atoms with E-state index in [-0.39, 0.29) is 30.0 Å². The van der Waals surface area contributed by atoms with Gasteiger partial charge in [-0.2, -0.15) is 5.10 Å². The van der Waals surface area contributed by atoms with Crippen molar-refractivity contribution >= 4 is 5.91 Å². The molecule has 1 aliphatic rings. The summed E-state index contributed by atoms with van der Waals surface area (Å²) in [5, 5.41) is 9.51. The van der Waals surface area contributed by atoms with E-state index in [1.165, 1.54) is 0 Å². The van der Waals surface area contributed by atoms with Gasteiger partial charge in [0.05, 0.1) is 17.7 Å². The van der Waals surface area contributed by atoms with Crippen molar-refractivity contribution in [1.29, 1.82) is 0 Å². The standard InChI is InChI=1S/C16H25N3O3/c1-4-11-13(16(21)19-18-14(11)5-2)9-17-15(20)12-7-6-8-22-10(12)3/h10,12H,4-9H2,1-3H3,(H,17,20)(H,19,21)/t10-,12-/m1/s1. The van der Waals surface area contributed by atoms with Crippen molar-refractivity contribution in [2.45, 2.75) is 59.1 Å². The number of carbonyl (C=O) groups excluding carboxylic acids is 1. The lowest BCUT2D eigenvalue weighted by molar-refractivity contribution is -0.133. The summed E-state index contributed by atoms with van der Waals surface area (Å²) in [5.41, 5.74) is 2.23. The molecule has 0 aliphatic carbocycles. The van der Waals surface area contributed by atoms with Crippen molar-refractivity contribution in [1.82, 2.24) is 15.5 Å². The quantitative estimate of drug-likeness (QED) is 0.859. The van der Waals surface area contributed by atoms with Gasteiger partial charge in [0.25, 0.3) is 5.56 Å². The van der Waals surface area contributed by atoms with Gasteiger partial charge in [-0.05, 0) is 38.2 Å². The number of ether oxygens (including phenoxy) is 1. The number of aromatic nitrogens is 2. The Balaban J connectivity index is 2.11. The zero-order valence-corrected chi connectivity index (χ0v) is 13.6. The van der Waals surface area contributed by atoms with Crippen LogP contribution in [0.3, 0.4) is 0 Å². The molecule has 0 saturated carbocycles. The smallest absolute Gasteiger partial charge is 0.269 e. The molecule has 1 aliphatic heterocycles. The maximum atomic E-state index is 12.3. The van der Waals surface area contributed by atoms with Gasteiger partial charge in [-0.3, -0.25) is 9.59 Å². The highest BCUT2D eigenvalue weighted by molar-refractivity contribution is 5.79. The van der Waals surface area contributed by atoms with Gasteiger partial charge in [0, 0.05) is 18.7 Å². The van der Waals surface area contributed by atoms with Crippen molar-refractivity contribution < 1.29 is 9.53 Å². The molecular weight excluding hydrogens is 282 g/mol. The monoisotopic (exact) mass is 307 g/mol. The Morgan fingerprint density at radius 3 is 2.77 bits per heavy atom. The van der Waals surface area contributed by atoms with E-state index in [2.05, 4.69) is 15.5 Å². The fourth-order valence-corrected chi connectivity index (χ4v) is 3.04. The van der Waals surface area contributed by atoms with Crippen LogP contribution < -0.4 is 10.9 Å². The van der Waals surface area contributed by atoms with Gasteiger partial charge < -0.3 is 10.1 Å². The number of aryl methyl sites for hydroxylation is 1. The van der Waals surface area contributed by atoms with Crippen molar-refractivity contribution in [3.63, 3.8) is 0 Å². The fourth-order valence-electron chi connectivity index (χ4n) is 3.04. The Kier molecular flexibility index (Phi) is 5.71. The van der Waals surface area contributed by atoms with Crippen molar-refractivity contribution in [3.05, 3.63) is 27.2 Å². The Morgan fingerprint density at radius 2 is 2.14 bits per heavy atom.